The van der Waals surface area contributed by atoms with E-state index >= 15 is 0 Å². The number of aliphatic hydroxyl groups excluding tert-OH is 1. The Labute approximate surface area is 165 Å². The highest BCUT2D eigenvalue weighted by molar-refractivity contribution is 5.86. The summed E-state index contributed by atoms with van der Waals surface area (Å²) in [6.07, 6.45) is 2.20. The fraction of sp³-hybridized carbons (Fsp3) is 0.348. The van der Waals surface area contributed by atoms with E-state index in [9.17, 15) is 9.18 Å². The van der Waals surface area contributed by atoms with Crippen LogP contribution in [0.5, 0.6) is 5.75 Å². The highest BCUT2D eigenvalue weighted by Crippen LogP contribution is 2.30. The fourth-order valence-electron chi connectivity index (χ4n) is 2.85. The second-order valence-corrected chi connectivity index (χ2v) is 6.63. The maximum Gasteiger partial charge on any atom is 0.333 e. The van der Waals surface area contributed by atoms with Gasteiger partial charge in [0.05, 0.1) is 13.2 Å². The van der Waals surface area contributed by atoms with Crippen molar-refractivity contribution in [2.45, 2.75) is 33.1 Å². The van der Waals surface area contributed by atoms with Crippen molar-refractivity contribution in [1.29, 1.82) is 0 Å². The van der Waals surface area contributed by atoms with Gasteiger partial charge in [0.2, 0.25) is 0 Å². The Morgan fingerprint density at radius 2 is 1.93 bits per heavy atom. The lowest BCUT2D eigenvalue weighted by atomic mass is 9.98. The van der Waals surface area contributed by atoms with Gasteiger partial charge in [0.25, 0.3) is 0 Å². The first-order valence-electron chi connectivity index (χ1n) is 9.44. The number of benzene rings is 2. The minimum Gasteiger partial charge on any atom is -0.491 e. The third-order valence-electron chi connectivity index (χ3n) is 4.25. The van der Waals surface area contributed by atoms with Crippen LogP contribution in [0.4, 0.5) is 4.39 Å². The van der Waals surface area contributed by atoms with E-state index in [-0.39, 0.29) is 25.6 Å². The smallest absolute Gasteiger partial charge is 0.333 e. The molecule has 0 atom stereocenters. The van der Waals surface area contributed by atoms with E-state index in [1.807, 2.05) is 12.1 Å². The maximum absolute atomic E-state index is 14.6. The van der Waals surface area contributed by atoms with Crippen molar-refractivity contribution >= 4 is 5.97 Å². The van der Waals surface area contributed by atoms with Crippen LogP contribution in [-0.4, -0.2) is 30.9 Å². The predicted octanol–water partition coefficient (Wildman–Crippen LogP) is 4.48. The van der Waals surface area contributed by atoms with E-state index in [1.165, 1.54) is 0 Å². The predicted molar refractivity (Wildman–Crippen MR) is 108 cm³/mol. The summed E-state index contributed by atoms with van der Waals surface area (Å²) >= 11 is 0. The lowest BCUT2D eigenvalue weighted by Crippen LogP contribution is -2.10. The summed E-state index contributed by atoms with van der Waals surface area (Å²) in [5.74, 6) is -0.145. The average Bonchev–Trinajstić information content (AvgIpc) is 2.67. The van der Waals surface area contributed by atoms with E-state index in [0.29, 0.717) is 23.3 Å². The van der Waals surface area contributed by atoms with Crippen LogP contribution < -0.4 is 4.74 Å². The molecule has 1 N–H and O–H groups in total. The topological polar surface area (TPSA) is 55.8 Å². The van der Waals surface area contributed by atoms with E-state index in [2.05, 4.69) is 13.5 Å². The second-order valence-electron chi connectivity index (χ2n) is 6.63. The van der Waals surface area contributed by atoms with Gasteiger partial charge in [0, 0.05) is 17.6 Å². The summed E-state index contributed by atoms with van der Waals surface area (Å²) in [5.41, 5.74) is 3.31. The van der Waals surface area contributed by atoms with Gasteiger partial charge in [-0.05, 0) is 48.2 Å². The molecule has 0 unspecified atom stereocenters. The molecule has 2 rings (SSSR count). The summed E-state index contributed by atoms with van der Waals surface area (Å²) in [5, 5.41) is 9.01. The second kappa shape index (κ2) is 10.6. The number of hydrogen-bond acceptors (Lipinski definition) is 4. The molecule has 4 nitrogen and oxygen atoms in total. The molecule has 0 aliphatic heterocycles. The molecule has 0 bridgehead atoms. The summed E-state index contributed by atoms with van der Waals surface area (Å²) < 4.78 is 25.3. The van der Waals surface area contributed by atoms with Gasteiger partial charge in [-0.1, -0.05) is 38.1 Å². The minimum atomic E-state index is -0.452. The molecule has 0 aliphatic rings. The zero-order valence-electron chi connectivity index (χ0n) is 16.5. The maximum atomic E-state index is 14.6. The molecule has 5 heteroatoms. The summed E-state index contributed by atoms with van der Waals surface area (Å²) in [4.78, 5) is 11.6. The standard InChI is InChI=1S/C23H27FO4/c1-4-5-17-6-8-20(21(24)14-17)18-7-9-22(27-13-11-25)19(15-18)10-12-28-23(26)16(2)3/h6-9,14-15,25H,2,4-5,10-13H2,1,3H3. The van der Waals surface area contributed by atoms with Crippen molar-refractivity contribution in [1.82, 2.24) is 0 Å². The third kappa shape index (κ3) is 5.92. The van der Waals surface area contributed by atoms with Crippen LogP contribution in [0, 0.1) is 5.82 Å². The zero-order valence-corrected chi connectivity index (χ0v) is 16.5. The summed E-state index contributed by atoms with van der Waals surface area (Å²) in [6.45, 7) is 7.39. The summed E-state index contributed by atoms with van der Waals surface area (Å²) in [6, 6.07) is 10.7. The van der Waals surface area contributed by atoms with Crippen LogP contribution >= 0.6 is 0 Å². The number of aliphatic hydroxyl groups is 1. The Morgan fingerprint density at radius 1 is 1.14 bits per heavy atom. The van der Waals surface area contributed by atoms with E-state index in [0.717, 1.165) is 29.5 Å². The van der Waals surface area contributed by atoms with E-state index in [4.69, 9.17) is 14.6 Å². The molecule has 0 amide bonds. The highest BCUT2D eigenvalue weighted by atomic mass is 19.1. The molecule has 0 saturated heterocycles. The Morgan fingerprint density at radius 3 is 2.57 bits per heavy atom. The minimum absolute atomic E-state index is 0.112. The lowest BCUT2D eigenvalue weighted by Gasteiger charge is -2.14. The van der Waals surface area contributed by atoms with Crippen molar-refractivity contribution in [3.63, 3.8) is 0 Å². The zero-order chi connectivity index (χ0) is 20.5. The molecular weight excluding hydrogens is 359 g/mol. The van der Waals surface area contributed by atoms with Crippen LogP contribution in [0.1, 0.15) is 31.4 Å². The molecule has 0 aromatic heterocycles. The largest absolute Gasteiger partial charge is 0.491 e. The quantitative estimate of drug-likeness (QED) is 0.483. The van der Waals surface area contributed by atoms with Gasteiger partial charge in [0.15, 0.2) is 0 Å². The van der Waals surface area contributed by atoms with Gasteiger partial charge >= 0.3 is 5.97 Å². The molecule has 2 aromatic carbocycles. The van der Waals surface area contributed by atoms with Crippen LogP contribution in [0.25, 0.3) is 11.1 Å². The molecule has 0 fully saturated rings. The van der Waals surface area contributed by atoms with Crippen LogP contribution in [0.3, 0.4) is 0 Å². The molecule has 0 radical (unpaired) electrons. The number of carbonyl (C=O) groups is 1. The van der Waals surface area contributed by atoms with Crippen molar-refractivity contribution in [2.24, 2.45) is 0 Å². The van der Waals surface area contributed by atoms with E-state index < -0.39 is 5.97 Å². The van der Waals surface area contributed by atoms with E-state index in [1.54, 1.807) is 31.2 Å². The third-order valence-corrected chi connectivity index (χ3v) is 4.25. The van der Waals surface area contributed by atoms with Crippen molar-refractivity contribution in [3.05, 3.63) is 65.5 Å². The molecule has 0 saturated carbocycles. The lowest BCUT2D eigenvalue weighted by molar-refractivity contribution is -0.138. The Bertz CT molecular complexity index is 829. The highest BCUT2D eigenvalue weighted by Gasteiger charge is 2.12. The van der Waals surface area contributed by atoms with Crippen molar-refractivity contribution in [2.75, 3.05) is 19.8 Å². The number of halogens is 1. The molecular formula is C23H27FO4. The first kappa shape index (κ1) is 21.6. The monoisotopic (exact) mass is 386 g/mol. The summed E-state index contributed by atoms with van der Waals surface area (Å²) in [7, 11) is 0. The molecule has 0 aliphatic carbocycles. The van der Waals surface area contributed by atoms with Crippen LogP contribution in [0.15, 0.2) is 48.6 Å². The Balaban J connectivity index is 2.26. The number of carbonyl (C=O) groups excluding carboxylic acids is 1. The van der Waals surface area contributed by atoms with Gasteiger partial charge < -0.3 is 14.6 Å². The number of hydrogen-bond donors (Lipinski definition) is 1. The van der Waals surface area contributed by atoms with Gasteiger partial charge in [-0.15, -0.1) is 0 Å². The molecule has 0 heterocycles. The van der Waals surface area contributed by atoms with Crippen LogP contribution in [-0.2, 0) is 22.4 Å². The van der Waals surface area contributed by atoms with Crippen molar-refractivity contribution < 1.29 is 23.8 Å². The Kier molecular flexibility index (Phi) is 8.20. The number of rotatable bonds is 10. The first-order chi connectivity index (χ1) is 13.5. The van der Waals surface area contributed by atoms with Gasteiger partial charge in [0.1, 0.15) is 18.2 Å². The molecule has 28 heavy (non-hydrogen) atoms. The number of esters is 1. The molecule has 0 spiro atoms. The molecule has 2 aromatic rings. The first-order valence-corrected chi connectivity index (χ1v) is 9.44. The van der Waals surface area contributed by atoms with Gasteiger partial charge in [-0.25, -0.2) is 9.18 Å². The average molecular weight is 386 g/mol. The van der Waals surface area contributed by atoms with Crippen LogP contribution in [0.2, 0.25) is 0 Å². The van der Waals surface area contributed by atoms with Crippen molar-refractivity contribution in [3.8, 4) is 16.9 Å². The normalized spacial score (nSPS) is 10.6. The number of ether oxygens (including phenoxy) is 2. The fourth-order valence-corrected chi connectivity index (χ4v) is 2.85. The Hall–Kier alpha value is -2.66. The number of aryl methyl sites for hydroxylation is 1. The van der Waals surface area contributed by atoms with Gasteiger partial charge in [-0.2, -0.15) is 0 Å². The SMILES string of the molecule is C=C(C)C(=O)OCCc1cc(-c2ccc(CCC)cc2F)ccc1OCCO. The van der Waals surface area contributed by atoms with Gasteiger partial charge in [-0.3, -0.25) is 0 Å². The molecule has 150 valence electrons.